The molecule has 2 aliphatic heterocycles. The smallest absolute Gasteiger partial charge is 0.177 e. The number of hydrogen-bond donors (Lipinski definition) is 1. The fraction of sp³-hybridized carbons (Fsp3) is 0.842. The molecule has 0 aromatic heterocycles. The molecule has 5 atom stereocenters. The van der Waals surface area contributed by atoms with Crippen LogP contribution in [-0.2, 0) is 9.47 Å². The van der Waals surface area contributed by atoms with E-state index in [1.54, 1.807) is 0 Å². The lowest BCUT2D eigenvalue weighted by molar-refractivity contribution is -0.223. The summed E-state index contributed by atoms with van der Waals surface area (Å²) in [4.78, 5) is 0. The fourth-order valence-electron chi connectivity index (χ4n) is 3.57. The molecule has 1 N–H and O–H groups in total. The Morgan fingerprint density at radius 1 is 1.48 bits per heavy atom. The van der Waals surface area contributed by atoms with Gasteiger partial charge in [-0.05, 0) is 58.8 Å². The van der Waals surface area contributed by atoms with Crippen LogP contribution in [0.3, 0.4) is 0 Å². The van der Waals surface area contributed by atoms with Crippen molar-refractivity contribution in [2.24, 2.45) is 5.92 Å². The van der Waals surface area contributed by atoms with Crippen LogP contribution in [0.1, 0.15) is 66.2 Å². The number of rotatable bonds is 7. The van der Waals surface area contributed by atoms with Crippen molar-refractivity contribution in [3.05, 3.63) is 11.6 Å². The van der Waals surface area contributed by atoms with E-state index in [2.05, 4.69) is 39.8 Å². The number of ether oxygens (including phenoxy) is 2. The molecule has 4 unspecified atom stereocenters. The van der Waals surface area contributed by atoms with Crippen molar-refractivity contribution in [3.63, 3.8) is 0 Å². The summed E-state index contributed by atoms with van der Waals surface area (Å²) in [5.41, 5.74) is 0.262. The van der Waals surface area contributed by atoms with Gasteiger partial charge < -0.3 is 14.6 Å². The van der Waals surface area contributed by atoms with Crippen LogP contribution in [-0.4, -0.2) is 35.1 Å². The van der Waals surface area contributed by atoms with Gasteiger partial charge in [-0.15, -0.1) is 0 Å². The average molecular weight is 321 g/mol. The van der Waals surface area contributed by atoms with Gasteiger partial charge >= 0.3 is 0 Å². The number of aliphatic hydroxyl groups is 1. The lowest BCUT2D eigenvalue weighted by Crippen LogP contribution is -2.52. The normalized spacial score (nSPS) is 35.4. The first-order valence-corrected chi connectivity index (χ1v) is 8.85. The van der Waals surface area contributed by atoms with Gasteiger partial charge in [0.25, 0.3) is 0 Å². The lowest BCUT2D eigenvalue weighted by Gasteiger charge is -2.42. The summed E-state index contributed by atoms with van der Waals surface area (Å²) in [7, 11) is 0. The number of nitriles is 1. The number of aliphatic hydroxyl groups excluding tert-OH is 1. The van der Waals surface area contributed by atoms with E-state index in [0.29, 0.717) is 6.61 Å². The molecule has 2 saturated heterocycles. The van der Waals surface area contributed by atoms with E-state index >= 15 is 0 Å². The molecular formula is C19H31NO3. The zero-order valence-corrected chi connectivity index (χ0v) is 15.0. The van der Waals surface area contributed by atoms with Crippen molar-refractivity contribution in [2.75, 3.05) is 6.61 Å². The van der Waals surface area contributed by atoms with E-state index in [0.717, 1.165) is 38.5 Å². The summed E-state index contributed by atoms with van der Waals surface area (Å²) in [5, 5.41) is 19.5. The Kier molecular flexibility index (Phi) is 5.89. The van der Waals surface area contributed by atoms with Gasteiger partial charge in [-0.2, -0.15) is 5.26 Å². The molecule has 0 spiro atoms. The second-order valence-electron chi connectivity index (χ2n) is 7.81. The second-order valence-corrected chi connectivity index (χ2v) is 7.81. The average Bonchev–Trinajstić information content (AvgIpc) is 2.91. The molecule has 0 radical (unpaired) electrons. The van der Waals surface area contributed by atoms with Crippen LogP contribution >= 0.6 is 0 Å². The molecule has 0 aromatic carbocycles. The Morgan fingerprint density at radius 3 is 2.87 bits per heavy atom. The number of hydrogen-bond acceptors (Lipinski definition) is 4. The molecule has 2 rings (SSSR count). The summed E-state index contributed by atoms with van der Waals surface area (Å²) < 4.78 is 12.0. The highest BCUT2D eigenvalue weighted by atomic mass is 16.6. The zero-order chi connectivity index (χ0) is 17.1. The molecule has 2 heterocycles. The topological polar surface area (TPSA) is 62.5 Å². The van der Waals surface area contributed by atoms with Crippen LogP contribution < -0.4 is 0 Å². The van der Waals surface area contributed by atoms with Gasteiger partial charge in [-0.1, -0.05) is 25.0 Å². The third-order valence-electron chi connectivity index (χ3n) is 5.46. The molecule has 23 heavy (non-hydrogen) atoms. The number of nitrogens with zero attached hydrogens (tertiary/aromatic N) is 1. The minimum absolute atomic E-state index is 0.0294. The Balaban J connectivity index is 1.78. The molecule has 0 aromatic rings. The predicted octanol–water partition coefficient (Wildman–Crippen LogP) is 3.74. The van der Waals surface area contributed by atoms with Gasteiger partial charge in [0, 0.05) is 0 Å². The summed E-state index contributed by atoms with van der Waals surface area (Å²) in [6.45, 7) is 8.72. The first kappa shape index (κ1) is 18.4. The van der Waals surface area contributed by atoms with Gasteiger partial charge in [0.05, 0.1) is 24.4 Å². The summed E-state index contributed by atoms with van der Waals surface area (Å²) in [5.74, 6) is 0.278. The summed E-state index contributed by atoms with van der Waals surface area (Å²) in [6, 6.07) is 2.27. The van der Waals surface area contributed by atoms with Crippen LogP contribution in [0.4, 0.5) is 0 Å². The Bertz CT molecular complexity index is 479. The minimum Gasteiger partial charge on any atom is -0.393 e. The van der Waals surface area contributed by atoms with Gasteiger partial charge in [0.15, 0.2) is 5.60 Å². The molecule has 0 aliphatic carbocycles. The van der Waals surface area contributed by atoms with Gasteiger partial charge in [-0.25, -0.2) is 0 Å². The van der Waals surface area contributed by atoms with E-state index in [1.165, 1.54) is 5.57 Å². The van der Waals surface area contributed by atoms with E-state index in [9.17, 15) is 10.4 Å². The first-order valence-electron chi connectivity index (χ1n) is 8.85. The Morgan fingerprint density at radius 2 is 2.22 bits per heavy atom. The largest absolute Gasteiger partial charge is 0.393 e. The lowest BCUT2D eigenvalue weighted by atomic mass is 9.87. The van der Waals surface area contributed by atoms with Crippen molar-refractivity contribution in [2.45, 2.75) is 89.6 Å². The molecular weight excluding hydrogens is 290 g/mol. The van der Waals surface area contributed by atoms with Crippen molar-refractivity contribution in [1.82, 2.24) is 0 Å². The van der Waals surface area contributed by atoms with Gasteiger partial charge in [0.2, 0.25) is 0 Å². The van der Waals surface area contributed by atoms with Crippen molar-refractivity contribution in [1.29, 1.82) is 5.26 Å². The second kappa shape index (κ2) is 7.34. The van der Waals surface area contributed by atoms with Crippen molar-refractivity contribution >= 4 is 0 Å². The van der Waals surface area contributed by atoms with Gasteiger partial charge in [0.1, 0.15) is 6.07 Å². The highest BCUT2D eigenvalue weighted by molar-refractivity contribution is 5.12. The van der Waals surface area contributed by atoms with Crippen molar-refractivity contribution in [3.8, 4) is 6.07 Å². The fourth-order valence-corrected chi connectivity index (χ4v) is 3.57. The third-order valence-corrected chi connectivity index (χ3v) is 5.46. The number of fused-ring (bicyclic) bond motifs is 2. The SMILES string of the molecule is CC(C)=CCC(O)C(C)CCCC1(C)OC[C@]2(C#N)CCC1O2. The third kappa shape index (κ3) is 4.35. The van der Waals surface area contributed by atoms with E-state index < -0.39 is 5.60 Å². The molecule has 4 nitrogen and oxygen atoms in total. The molecule has 0 saturated carbocycles. The molecule has 2 bridgehead atoms. The van der Waals surface area contributed by atoms with Crippen LogP contribution in [0.2, 0.25) is 0 Å². The molecule has 2 aliphatic rings. The standard InChI is InChI=1S/C19H31NO3/c1-14(2)7-8-16(21)15(3)6-5-10-18(4)17-9-11-19(12-20,23-17)13-22-18/h7,15-17,21H,5-6,8-11,13H2,1-4H3/t15?,16?,17?,18?,19-/m1/s1. The van der Waals surface area contributed by atoms with Crippen molar-refractivity contribution < 1.29 is 14.6 Å². The molecule has 0 amide bonds. The summed E-state index contributed by atoms with van der Waals surface area (Å²) >= 11 is 0. The number of allylic oxidation sites excluding steroid dienone is 1. The monoisotopic (exact) mass is 321 g/mol. The minimum atomic E-state index is -0.696. The maximum atomic E-state index is 10.2. The summed E-state index contributed by atoms with van der Waals surface area (Å²) in [6.07, 6.45) is 7.16. The Labute approximate surface area is 140 Å². The van der Waals surface area contributed by atoms with Gasteiger partial charge in [-0.3, -0.25) is 0 Å². The van der Waals surface area contributed by atoms with Crippen LogP contribution in [0.15, 0.2) is 11.6 Å². The van der Waals surface area contributed by atoms with Crippen LogP contribution in [0.5, 0.6) is 0 Å². The zero-order valence-electron chi connectivity index (χ0n) is 15.0. The van der Waals surface area contributed by atoms with E-state index in [4.69, 9.17) is 9.47 Å². The highest BCUT2D eigenvalue weighted by Crippen LogP contribution is 2.44. The molecule has 4 heteroatoms. The Hall–Kier alpha value is -0.890. The first-order chi connectivity index (χ1) is 10.8. The van der Waals surface area contributed by atoms with Crippen LogP contribution in [0, 0.1) is 17.2 Å². The highest BCUT2D eigenvalue weighted by Gasteiger charge is 2.53. The molecule has 130 valence electrons. The maximum absolute atomic E-state index is 10.2. The quantitative estimate of drug-likeness (QED) is 0.726. The predicted molar refractivity (Wildman–Crippen MR) is 89.9 cm³/mol. The van der Waals surface area contributed by atoms with E-state index in [1.807, 2.05) is 0 Å². The van der Waals surface area contributed by atoms with Crippen LogP contribution in [0.25, 0.3) is 0 Å². The van der Waals surface area contributed by atoms with E-state index in [-0.39, 0.29) is 23.7 Å². The molecule has 2 fully saturated rings. The maximum Gasteiger partial charge on any atom is 0.177 e.